The molecule has 2 aromatic carbocycles. The lowest BCUT2D eigenvalue weighted by molar-refractivity contribution is -0.127. The summed E-state index contributed by atoms with van der Waals surface area (Å²) in [5, 5.41) is 11.3. The molecule has 1 aliphatic rings. The van der Waals surface area contributed by atoms with E-state index in [1.807, 2.05) is 31.2 Å². The Morgan fingerprint density at radius 1 is 1.16 bits per heavy atom. The van der Waals surface area contributed by atoms with Crippen molar-refractivity contribution in [3.05, 3.63) is 72.2 Å². The van der Waals surface area contributed by atoms with Crippen molar-refractivity contribution in [1.29, 1.82) is 0 Å². The number of benzene rings is 2. The van der Waals surface area contributed by atoms with Crippen molar-refractivity contribution in [2.45, 2.75) is 45.4 Å². The van der Waals surface area contributed by atoms with Crippen LogP contribution < -0.4 is 15.0 Å². The van der Waals surface area contributed by atoms with Gasteiger partial charge in [-0.05, 0) is 75.2 Å². The lowest BCUT2D eigenvalue weighted by Crippen LogP contribution is -2.46. The zero-order chi connectivity index (χ0) is 26.5. The van der Waals surface area contributed by atoms with Gasteiger partial charge in [-0.3, -0.25) is 14.5 Å². The Balaban J connectivity index is 1.51. The Hall–Kier alpha value is -4.18. The SMILES string of the molecule is CCOc1ccc(N(C(=O)Cn2nnc3ccccc32)C(C(=O)NCC2CCCO2)c2ccc(C)o2)cc1. The van der Waals surface area contributed by atoms with Crippen molar-refractivity contribution in [2.24, 2.45) is 0 Å². The summed E-state index contributed by atoms with van der Waals surface area (Å²) in [6.07, 6.45) is 1.80. The third-order valence-corrected chi connectivity index (χ3v) is 6.46. The average molecular weight is 518 g/mol. The molecule has 0 spiro atoms. The number of ether oxygens (including phenoxy) is 2. The van der Waals surface area contributed by atoms with Gasteiger partial charge in [-0.1, -0.05) is 17.3 Å². The molecule has 2 aromatic heterocycles. The van der Waals surface area contributed by atoms with E-state index in [-0.39, 0.29) is 24.5 Å². The van der Waals surface area contributed by atoms with Gasteiger partial charge in [0, 0.05) is 18.8 Å². The maximum atomic E-state index is 14.0. The van der Waals surface area contributed by atoms with Crippen LogP contribution in [0.15, 0.2) is 65.1 Å². The second-order valence-electron chi connectivity index (χ2n) is 9.16. The summed E-state index contributed by atoms with van der Waals surface area (Å²) in [6.45, 7) is 5.14. The first kappa shape index (κ1) is 25.5. The van der Waals surface area contributed by atoms with Crippen molar-refractivity contribution >= 4 is 28.5 Å². The minimum atomic E-state index is -1.05. The van der Waals surface area contributed by atoms with E-state index in [0.717, 1.165) is 18.4 Å². The fourth-order valence-corrected chi connectivity index (χ4v) is 4.64. The van der Waals surface area contributed by atoms with E-state index in [0.29, 0.717) is 48.2 Å². The molecule has 4 aromatic rings. The van der Waals surface area contributed by atoms with Crippen LogP contribution in [0, 0.1) is 6.92 Å². The number of para-hydroxylation sites is 1. The summed E-state index contributed by atoms with van der Waals surface area (Å²) >= 11 is 0. The minimum absolute atomic E-state index is 0.0472. The molecule has 198 valence electrons. The molecule has 1 saturated heterocycles. The van der Waals surface area contributed by atoms with E-state index in [1.165, 1.54) is 9.58 Å². The molecule has 1 N–H and O–H groups in total. The van der Waals surface area contributed by atoms with E-state index in [4.69, 9.17) is 13.9 Å². The van der Waals surface area contributed by atoms with E-state index >= 15 is 0 Å². The maximum absolute atomic E-state index is 14.0. The van der Waals surface area contributed by atoms with Gasteiger partial charge in [0.1, 0.15) is 29.3 Å². The molecular weight excluding hydrogens is 486 g/mol. The quantitative estimate of drug-likeness (QED) is 0.341. The predicted octanol–water partition coefficient (Wildman–Crippen LogP) is 3.80. The number of nitrogens with zero attached hydrogens (tertiary/aromatic N) is 4. The molecule has 1 aliphatic heterocycles. The highest BCUT2D eigenvalue weighted by molar-refractivity contribution is 6.01. The van der Waals surface area contributed by atoms with Gasteiger partial charge in [-0.2, -0.15) is 0 Å². The highest BCUT2D eigenvalue weighted by Gasteiger charge is 2.36. The van der Waals surface area contributed by atoms with E-state index in [9.17, 15) is 9.59 Å². The number of furan rings is 1. The topological polar surface area (TPSA) is 112 Å². The molecule has 2 amide bonds. The third-order valence-electron chi connectivity index (χ3n) is 6.46. The number of nitrogens with one attached hydrogen (secondary N) is 1. The molecule has 5 rings (SSSR count). The number of fused-ring (bicyclic) bond motifs is 1. The first-order chi connectivity index (χ1) is 18.5. The molecule has 2 unspecified atom stereocenters. The van der Waals surface area contributed by atoms with Crippen LogP contribution in [0.2, 0.25) is 0 Å². The van der Waals surface area contributed by atoms with Crippen LogP contribution in [-0.4, -0.2) is 52.7 Å². The van der Waals surface area contributed by atoms with Gasteiger partial charge >= 0.3 is 0 Å². The van der Waals surface area contributed by atoms with Crippen molar-refractivity contribution in [3.8, 4) is 5.75 Å². The number of aryl methyl sites for hydroxylation is 1. The highest BCUT2D eigenvalue weighted by atomic mass is 16.5. The monoisotopic (exact) mass is 517 g/mol. The molecule has 3 heterocycles. The number of hydrogen-bond donors (Lipinski definition) is 1. The largest absolute Gasteiger partial charge is 0.494 e. The number of amides is 2. The standard InChI is InChI=1S/C28H31N5O5/c1-3-36-21-13-11-20(12-14-21)33(26(34)18-32-24-9-5-4-8-23(24)30-31-32)27(25-15-10-19(2)38-25)28(35)29-17-22-7-6-16-37-22/h4-5,8-15,22,27H,3,6-7,16-18H2,1-2H3,(H,29,35). The molecule has 0 saturated carbocycles. The van der Waals surface area contributed by atoms with Crippen LogP contribution in [0.4, 0.5) is 5.69 Å². The van der Waals surface area contributed by atoms with Gasteiger partial charge in [0.25, 0.3) is 5.91 Å². The smallest absolute Gasteiger partial charge is 0.251 e. The first-order valence-corrected chi connectivity index (χ1v) is 12.8. The van der Waals surface area contributed by atoms with Crippen LogP contribution in [0.5, 0.6) is 5.75 Å². The third kappa shape index (κ3) is 5.55. The summed E-state index contributed by atoms with van der Waals surface area (Å²) in [5.74, 6) is 0.951. The Morgan fingerprint density at radius 3 is 2.68 bits per heavy atom. The lowest BCUT2D eigenvalue weighted by Gasteiger charge is -2.30. The van der Waals surface area contributed by atoms with Crippen LogP contribution in [-0.2, 0) is 20.9 Å². The van der Waals surface area contributed by atoms with Crippen LogP contribution in [0.3, 0.4) is 0 Å². The van der Waals surface area contributed by atoms with E-state index < -0.39 is 6.04 Å². The van der Waals surface area contributed by atoms with Gasteiger partial charge in [-0.25, -0.2) is 4.68 Å². The fourth-order valence-electron chi connectivity index (χ4n) is 4.64. The summed E-state index contributed by atoms with van der Waals surface area (Å²) in [7, 11) is 0. The van der Waals surface area contributed by atoms with Crippen molar-refractivity contribution in [3.63, 3.8) is 0 Å². The van der Waals surface area contributed by atoms with Gasteiger partial charge in [0.15, 0.2) is 6.04 Å². The number of hydrogen-bond acceptors (Lipinski definition) is 7. The van der Waals surface area contributed by atoms with Crippen LogP contribution >= 0.6 is 0 Å². The number of carbonyl (C=O) groups is 2. The molecule has 10 heteroatoms. The second kappa shape index (κ2) is 11.5. The molecule has 2 atom stereocenters. The van der Waals surface area contributed by atoms with E-state index in [1.54, 1.807) is 43.3 Å². The predicted molar refractivity (Wildman–Crippen MR) is 141 cm³/mol. The van der Waals surface area contributed by atoms with Gasteiger partial charge in [-0.15, -0.1) is 5.10 Å². The molecule has 1 fully saturated rings. The van der Waals surface area contributed by atoms with Crippen molar-refractivity contribution in [2.75, 3.05) is 24.7 Å². The highest BCUT2D eigenvalue weighted by Crippen LogP contribution is 2.31. The Labute approximate surface area is 220 Å². The number of aromatic nitrogens is 3. The summed E-state index contributed by atoms with van der Waals surface area (Å²) in [4.78, 5) is 29.2. The minimum Gasteiger partial charge on any atom is -0.494 e. The first-order valence-electron chi connectivity index (χ1n) is 12.8. The van der Waals surface area contributed by atoms with Crippen LogP contribution in [0.1, 0.15) is 37.3 Å². The zero-order valence-corrected chi connectivity index (χ0v) is 21.5. The summed E-state index contributed by atoms with van der Waals surface area (Å²) < 4.78 is 18.7. The number of carbonyl (C=O) groups excluding carboxylic acids is 2. The second-order valence-corrected chi connectivity index (χ2v) is 9.16. The van der Waals surface area contributed by atoms with Gasteiger partial charge in [0.05, 0.1) is 18.2 Å². The molecule has 10 nitrogen and oxygen atoms in total. The maximum Gasteiger partial charge on any atom is 0.251 e. The molecular formula is C28H31N5O5. The van der Waals surface area contributed by atoms with Crippen molar-refractivity contribution in [1.82, 2.24) is 20.3 Å². The number of anilines is 1. The van der Waals surface area contributed by atoms with Crippen molar-refractivity contribution < 1.29 is 23.5 Å². The fraction of sp³-hybridized carbons (Fsp3) is 0.357. The summed E-state index contributed by atoms with van der Waals surface area (Å²) in [5.41, 5.74) is 1.93. The van der Waals surface area contributed by atoms with Gasteiger partial charge in [0.2, 0.25) is 5.91 Å². The molecule has 0 radical (unpaired) electrons. The normalized spacial score (nSPS) is 15.9. The molecule has 0 bridgehead atoms. The number of rotatable bonds is 10. The van der Waals surface area contributed by atoms with E-state index in [2.05, 4.69) is 15.6 Å². The Bertz CT molecular complexity index is 1390. The Morgan fingerprint density at radius 2 is 1.97 bits per heavy atom. The summed E-state index contributed by atoms with van der Waals surface area (Å²) in [6, 6.07) is 16.9. The zero-order valence-electron chi connectivity index (χ0n) is 21.5. The average Bonchev–Trinajstić information content (AvgIpc) is 3.69. The molecule has 38 heavy (non-hydrogen) atoms. The lowest BCUT2D eigenvalue weighted by atomic mass is 10.1. The van der Waals surface area contributed by atoms with Crippen LogP contribution in [0.25, 0.3) is 11.0 Å². The van der Waals surface area contributed by atoms with Gasteiger partial charge < -0.3 is 19.2 Å². The molecule has 0 aliphatic carbocycles. The Kier molecular flexibility index (Phi) is 7.69.